The van der Waals surface area contributed by atoms with Crippen molar-refractivity contribution in [3.05, 3.63) is 11.8 Å². The average molecular weight is 233 g/mol. The van der Waals surface area contributed by atoms with Crippen LogP contribution in [0.4, 0.5) is 5.82 Å². The van der Waals surface area contributed by atoms with Crippen molar-refractivity contribution in [1.82, 2.24) is 9.78 Å². The van der Waals surface area contributed by atoms with Gasteiger partial charge >= 0.3 is 0 Å². The Balaban J connectivity index is 3.02. The second kappa shape index (κ2) is 4.19. The fourth-order valence-electron chi connectivity index (χ4n) is 1.14. The average Bonchev–Trinajstić information content (AvgIpc) is 2.46. The maximum atomic E-state index is 11.3. The lowest BCUT2D eigenvalue weighted by molar-refractivity contribution is 0.270. The van der Waals surface area contributed by atoms with Crippen LogP contribution in [0.1, 0.15) is 17.9 Å². The van der Waals surface area contributed by atoms with Crippen LogP contribution in [0.15, 0.2) is 6.07 Å². The highest BCUT2D eigenvalue weighted by Crippen LogP contribution is 2.21. The highest BCUT2D eigenvalue weighted by Gasteiger charge is 2.21. The molecule has 0 amide bonds. The Morgan fingerprint density at radius 3 is 2.73 bits per heavy atom. The minimum atomic E-state index is -3.17. The Labute approximate surface area is 88.6 Å². The highest BCUT2D eigenvalue weighted by molar-refractivity contribution is 7.90. The lowest BCUT2D eigenvalue weighted by Gasteiger charge is -2.04. The molecule has 0 aromatic carbocycles. The summed E-state index contributed by atoms with van der Waals surface area (Å²) in [6.45, 7) is 1.74. The Kier molecular flexibility index (Phi) is 3.35. The van der Waals surface area contributed by atoms with Crippen LogP contribution in [0.25, 0.3) is 0 Å². The Morgan fingerprint density at radius 1 is 1.67 bits per heavy atom. The van der Waals surface area contributed by atoms with Crippen LogP contribution in [0.5, 0.6) is 0 Å². The quantitative estimate of drug-likeness (QED) is 0.735. The number of hydrogen-bond donors (Lipinski definition) is 2. The molecule has 3 N–H and O–H groups in total. The van der Waals surface area contributed by atoms with Gasteiger partial charge in [0.2, 0.25) is 0 Å². The lowest BCUT2D eigenvalue weighted by Crippen LogP contribution is -2.10. The van der Waals surface area contributed by atoms with Crippen molar-refractivity contribution < 1.29 is 13.5 Å². The summed E-state index contributed by atoms with van der Waals surface area (Å²) in [5.41, 5.74) is 6.01. The molecule has 1 unspecified atom stereocenters. The van der Waals surface area contributed by atoms with Crippen molar-refractivity contribution in [3.63, 3.8) is 0 Å². The number of nitrogen functional groups attached to an aromatic ring is 1. The maximum absolute atomic E-state index is 11.3. The number of nitrogens with two attached hydrogens (primary N) is 1. The number of rotatable bonds is 4. The van der Waals surface area contributed by atoms with Crippen molar-refractivity contribution in [3.8, 4) is 0 Å². The van der Waals surface area contributed by atoms with Gasteiger partial charge in [-0.05, 0) is 6.92 Å². The Hall–Kier alpha value is -1.08. The van der Waals surface area contributed by atoms with Crippen molar-refractivity contribution in [2.24, 2.45) is 0 Å². The molecular formula is C8H15N3O3S. The molecule has 7 heteroatoms. The third-order valence-corrected chi connectivity index (χ3v) is 3.73. The van der Waals surface area contributed by atoms with E-state index in [1.54, 1.807) is 6.92 Å². The predicted molar refractivity (Wildman–Crippen MR) is 57.0 cm³/mol. The molecule has 86 valence electrons. The van der Waals surface area contributed by atoms with Crippen LogP contribution in [0.2, 0.25) is 0 Å². The van der Waals surface area contributed by atoms with Crippen molar-refractivity contribution in [2.45, 2.75) is 18.7 Å². The zero-order valence-electron chi connectivity index (χ0n) is 8.71. The van der Waals surface area contributed by atoms with Crippen LogP contribution in [-0.4, -0.2) is 36.2 Å². The molecule has 1 atom stereocenters. The van der Waals surface area contributed by atoms with Gasteiger partial charge in [0, 0.05) is 12.3 Å². The van der Waals surface area contributed by atoms with Gasteiger partial charge in [0.15, 0.2) is 9.84 Å². The summed E-state index contributed by atoms with van der Waals surface area (Å²) >= 11 is 0. The van der Waals surface area contributed by atoms with Crippen molar-refractivity contribution in [2.75, 3.05) is 18.6 Å². The summed E-state index contributed by atoms with van der Waals surface area (Å²) < 4.78 is 23.9. The van der Waals surface area contributed by atoms with E-state index in [0.29, 0.717) is 11.5 Å². The topological polar surface area (TPSA) is 98.2 Å². The molecule has 1 rings (SSSR count). The molecule has 1 heterocycles. The zero-order valence-corrected chi connectivity index (χ0v) is 9.53. The molecule has 0 saturated carbocycles. The Morgan fingerprint density at radius 2 is 2.27 bits per heavy atom. The number of sulfone groups is 1. The molecule has 15 heavy (non-hydrogen) atoms. The molecule has 6 nitrogen and oxygen atoms in total. The van der Waals surface area contributed by atoms with Gasteiger partial charge in [0.25, 0.3) is 0 Å². The fraction of sp³-hybridized carbons (Fsp3) is 0.625. The standard InChI is InChI=1S/C8H15N3O3S/c1-6(15(2,13)14)7-5-8(9)11(10-7)3-4-12/h5-6,12H,3-4,9H2,1-2H3. The third kappa shape index (κ3) is 2.69. The van der Waals surface area contributed by atoms with Gasteiger partial charge in [0.05, 0.1) is 18.8 Å². The number of aromatic nitrogens is 2. The molecule has 0 spiro atoms. The second-order valence-electron chi connectivity index (χ2n) is 3.41. The monoisotopic (exact) mass is 233 g/mol. The molecular weight excluding hydrogens is 218 g/mol. The van der Waals surface area contributed by atoms with Gasteiger partial charge in [-0.1, -0.05) is 0 Å². The van der Waals surface area contributed by atoms with Crippen molar-refractivity contribution in [1.29, 1.82) is 0 Å². The van der Waals surface area contributed by atoms with E-state index in [2.05, 4.69) is 5.10 Å². The summed E-state index contributed by atoms with van der Waals surface area (Å²) in [5, 5.41) is 12.1. The molecule has 0 aliphatic carbocycles. The maximum Gasteiger partial charge on any atom is 0.155 e. The van der Waals surface area contributed by atoms with Crippen LogP contribution in [-0.2, 0) is 16.4 Å². The first-order valence-electron chi connectivity index (χ1n) is 4.49. The molecule has 1 aromatic heterocycles. The van der Waals surface area contributed by atoms with Gasteiger partial charge in [0.1, 0.15) is 11.1 Å². The number of anilines is 1. The summed E-state index contributed by atoms with van der Waals surface area (Å²) in [7, 11) is -3.17. The normalized spacial score (nSPS) is 14.1. The first-order valence-corrected chi connectivity index (χ1v) is 6.44. The summed E-state index contributed by atoms with van der Waals surface area (Å²) in [5.74, 6) is 0.356. The van der Waals surface area contributed by atoms with Crippen LogP contribution >= 0.6 is 0 Å². The third-order valence-electron chi connectivity index (χ3n) is 2.20. The van der Waals surface area contributed by atoms with E-state index < -0.39 is 15.1 Å². The van der Waals surface area contributed by atoms with Gasteiger partial charge in [-0.25, -0.2) is 13.1 Å². The fourth-order valence-corrected chi connectivity index (χ4v) is 1.70. The number of nitrogens with zero attached hydrogens (tertiary/aromatic N) is 2. The largest absolute Gasteiger partial charge is 0.394 e. The molecule has 0 aliphatic rings. The Bertz CT molecular complexity index is 438. The van der Waals surface area contributed by atoms with E-state index in [1.165, 1.54) is 10.7 Å². The minimum Gasteiger partial charge on any atom is -0.394 e. The lowest BCUT2D eigenvalue weighted by atomic mass is 10.3. The van der Waals surface area contributed by atoms with Crippen LogP contribution in [0, 0.1) is 0 Å². The number of aliphatic hydroxyl groups is 1. The molecule has 0 aliphatic heterocycles. The van der Waals surface area contributed by atoms with E-state index in [1.807, 2.05) is 0 Å². The van der Waals surface area contributed by atoms with Crippen LogP contribution < -0.4 is 5.73 Å². The van der Waals surface area contributed by atoms with Gasteiger partial charge in [-0.15, -0.1) is 0 Å². The van der Waals surface area contributed by atoms with Crippen LogP contribution in [0.3, 0.4) is 0 Å². The van der Waals surface area contributed by atoms with E-state index in [4.69, 9.17) is 10.8 Å². The van der Waals surface area contributed by atoms with E-state index in [9.17, 15) is 8.42 Å². The first-order chi connectivity index (χ1) is 6.86. The van der Waals surface area contributed by atoms with E-state index in [0.717, 1.165) is 6.26 Å². The van der Waals surface area contributed by atoms with Gasteiger partial charge in [-0.3, -0.25) is 0 Å². The van der Waals surface area contributed by atoms with Crippen molar-refractivity contribution >= 4 is 15.7 Å². The second-order valence-corrected chi connectivity index (χ2v) is 5.78. The first kappa shape index (κ1) is 12.0. The number of aliphatic hydroxyl groups excluding tert-OH is 1. The minimum absolute atomic E-state index is 0.0847. The van der Waals surface area contributed by atoms with Gasteiger partial charge in [-0.2, -0.15) is 5.10 Å². The molecule has 0 fully saturated rings. The molecule has 0 radical (unpaired) electrons. The predicted octanol–water partition coefficient (Wildman–Crippen LogP) is -0.437. The summed E-state index contributed by atoms with van der Waals surface area (Å²) in [6, 6.07) is 1.52. The molecule has 1 aromatic rings. The smallest absolute Gasteiger partial charge is 0.155 e. The number of hydrogen-bond acceptors (Lipinski definition) is 5. The molecule has 0 bridgehead atoms. The summed E-state index contributed by atoms with van der Waals surface area (Å²) in [4.78, 5) is 0. The highest BCUT2D eigenvalue weighted by atomic mass is 32.2. The summed E-state index contributed by atoms with van der Waals surface area (Å²) in [6.07, 6.45) is 1.15. The molecule has 0 saturated heterocycles. The zero-order chi connectivity index (χ0) is 11.6. The van der Waals surface area contributed by atoms with E-state index in [-0.39, 0.29) is 13.2 Å². The SMILES string of the molecule is CC(c1cc(N)n(CCO)n1)S(C)(=O)=O. The van der Waals surface area contributed by atoms with Gasteiger partial charge < -0.3 is 10.8 Å². The van der Waals surface area contributed by atoms with E-state index >= 15 is 0 Å².